The number of amides is 1. The van der Waals surface area contributed by atoms with Crippen LogP contribution in [0.3, 0.4) is 0 Å². The first-order valence-corrected chi connectivity index (χ1v) is 16.4. The van der Waals surface area contributed by atoms with E-state index in [2.05, 4.69) is 10.3 Å². The van der Waals surface area contributed by atoms with Crippen LogP contribution in [0.25, 0.3) is 32.8 Å². The Labute approximate surface area is 289 Å². The van der Waals surface area contributed by atoms with E-state index in [0.717, 1.165) is 16.3 Å². The van der Waals surface area contributed by atoms with Crippen molar-refractivity contribution in [2.24, 2.45) is 0 Å². The standard InChI is InChI=1S/C37H39ClFN5O5/c1-21-20-43(36(46)49-37(2,3)4)13-14-44(21)34-28-18-29(38)31(27-16-24(45)15-22-9-7-8-10-26(22)27)32(39)33(28)41-35(42-34)40-19-23-11-12-25(47-5)17-30(23)48-6/h7-12,15-18,21,45H,13-14,19-20H2,1-6H3,(H,40,41,42)/t21-/m0/s1. The molecule has 1 aromatic heterocycles. The fraction of sp³-hybridized carbons (Fsp3) is 0.324. The van der Waals surface area contributed by atoms with Crippen molar-refractivity contribution < 1.29 is 28.5 Å². The number of anilines is 2. The summed E-state index contributed by atoms with van der Waals surface area (Å²) in [6, 6.07) is 17.5. The summed E-state index contributed by atoms with van der Waals surface area (Å²) in [6.07, 6.45) is -0.389. The van der Waals surface area contributed by atoms with Crippen LogP contribution < -0.4 is 19.7 Å². The molecule has 0 saturated carbocycles. The summed E-state index contributed by atoms with van der Waals surface area (Å²) in [4.78, 5) is 26.2. The number of nitrogens with zero attached hydrogens (tertiary/aromatic N) is 4. The number of methoxy groups -OCH3 is 2. The zero-order chi connectivity index (χ0) is 35.0. The van der Waals surface area contributed by atoms with E-state index < -0.39 is 11.4 Å². The molecule has 1 saturated heterocycles. The first-order valence-electron chi connectivity index (χ1n) is 16.0. The van der Waals surface area contributed by atoms with Gasteiger partial charge in [0.25, 0.3) is 0 Å². The van der Waals surface area contributed by atoms with Gasteiger partial charge >= 0.3 is 6.09 Å². The fourth-order valence-corrected chi connectivity index (χ4v) is 6.46. The Kier molecular flexibility index (Phi) is 9.30. The van der Waals surface area contributed by atoms with Crippen molar-refractivity contribution in [2.45, 2.75) is 45.9 Å². The number of aromatic nitrogens is 2. The normalized spacial score (nSPS) is 15.1. The third kappa shape index (κ3) is 6.94. The summed E-state index contributed by atoms with van der Waals surface area (Å²) >= 11 is 6.90. The largest absolute Gasteiger partial charge is 0.508 e. The van der Waals surface area contributed by atoms with Gasteiger partial charge < -0.3 is 34.4 Å². The number of benzene rings is 4. The minimum Gasteiger partial charge on any atom is -0.508 e. The maximum Gasteiger partial charge on any atom is 0.410 e. The van der Waals surface area contributed by atoms with Gasteiger partial charge in [0.15, 0.2) is 5.82 Å². The molecule has 0 bridgehead atoms. The Morgan fingerprint density at radius 2 is 1.82 bits per heavy atom. The molecule has 12 heteroatoms. The van der Waals surface area contributed by atoms with Gasteiger partial charge in [-0.2, -0.15) is 4.98 Å². The number of aromatic hydroxyl groups is 1. The van der Waals surface area contributed by atoms with Gasteiger partial charge in [-0.25, -0.2) is 14.2 Å². The van der Waals surface area contributed by atoms with Gasteiger partial charge in [-0.05, 0) is 74.4 Å². The predicted molar refractivity (Wildman–Crippen MR) is 191 cm³/mol. The van der Waals surface area contributed by atoms with Crippen LogP contribution in [0.5, 0.6) is 17.2 Å². The van der Waals surface area contributed by atoms with Crippen LogP contribution in [-0.2, 0) is 11.3 Å². The van der Waals surface area contributed by atoms with Crippen LogP contribution in [0.4, 0.5) is 21.0 Å². The highest BCUT2D eigenvalue weighted by Gasteiger charge is 2.32. The van der Waals surface area contributed by atoms with Gasteiger partial charge in [0.2, 0.25) is 5.95 Å². The molecule has 10 nitrogen and oxygen atoms in total. The highest BCUT2D eigenvalue weighted by molar-refractivity contribution is 6.35. The molecule has 0 unspecified atom stereocenters. The molecule has 1 aliphatic rings. The zero-order valence-corrected chi connectivity index (χ0v) is 29.1. The molecule has 2 N–H and O–H groups in total. The van der Waals surface area contributed by atoms with Crippen LogP contribution in [0.2, 0.25) is 5.02 Å². The van der Waals surface area contributed by atoms with Crippen LogP contribution in [0.1, 0.15) is 33.3 Å². The number of halogens is 2. The number of nitrogens with one attached hydrogen (secondary N) is 1. The van der Waals surface area contributed by atoms with E-state index in [1.165, 1.54) is 6.07 Å². The summed E-state index contributed by atoms with van der Waals surface area (Å²) in [5.41, 5.74) is 0.813. The van der Waals surface area contributed by atoms with Gasteiger partial charge in [-0.1, -0.05) is 35.9 Å². The van der Waals surface area contributed by atoms with Gasteiger partial charge in [0.1, 0.15) is 34.2 Å². The van der Waals surface area contributed by atoms with Crippen molar-refractivity contribution in [1.82, 2.24) is 14.9 Å². The third-order valence-corrected chi connectivity index (χ3v) is 8.76. The Morgan fingerprint density at radius 3 is 2.53 bits per heavy atom. The van der Waals surface area contributed by atoms with Crippen molar-refractivity contribution >= 4 is 51.1 Å². The lowest BCUT2D eigenvalue weighted by molar-refractivity contribution is 0.0218. The Morgan fingerprint density at radius 1 is 1.04 bits per heavy atom. The van der Waals surface area contributed by atoms with Crippen LogP contribution in [0.15, 0.2) is 60.7 Å². The van der Waals surface area contributed by atoms with E-state index in [1.807, 2.05) is 69.0 Å². The molecule has 1 atom stereocenters. The van der Waals surface area contributed by atoms with Crippen molar-refractivity contribution in [3.63, 3.8) is 0 Å². The van der Waals surface area contributed by atoms with Gasteiger partial charge in [-0.3, -0.25) is 0 Å². The number of rotatable bonds is 7. The Hall–Kier alpha value is -5.03. The SMILES string of the molecule is COc1ccc(CNc2nc(N3CCN(C(=O)OC(C)(C)C)C[C@@H]3C)c3cc(Cl)c(-c4cc(O)cc5ccccc45)c(F)c3n2)c(OC)c1. The number of fused-ring (bicyclic) bond motifs is 2. The molecule has 5 aromatic rings. The summed E-state index contributed by atoms with van der Waals surface area (Å²) in [6.45, 7) is 8.91. The molecular weight excluding hydrogens is 649 g/mol. The van der Waals surface area contributed by atoms with Gasteiger partial charge in [-0.15, -0.1) is 0 Å². The second-order valence-electron chi connectivity index (χ2n) is 13.0. The lowest BCUT2D eigenvalue weighted by Crippen LogP contribution is -2.55. The van der Waals surface area contributed by atoms with E-state index in [4.69, 9.17) is 30.8 Å². The molecule has 1 aliphatic heterocycles. The molecule has 0 radical (unpaired) electrons. The van der Waals surface area contributed by atoms with E-state index in [1.54, 1.807) is 37.3 Å². The molecule has 0 aliphatic carbocycles. The van der Waals surface area contributed by atoms with Crippen molar-refractivity contribution in [2.75, 3.05) is 44.1 Å². The zero-order valence-electron chi connectivity index (χ0n) is 28.3. The van der Waals surface area contributed by atoms with E-state index in [-0.39, 0.29) is 46.5 Å². The minimum atomic E-state index is -0.646. The van der Waals surface area contributed by atoms with Gasteiger partial charge in [0, 0.05) is 54.8 Å². The second-order valence-corrected chi connectivity index (χ2v) is 13.4. The van der Waals surface area contributed by atoms with E-state index in [9.17, 15) is 9.90 Å². The third-order valence-electron chi connectivity index (χ3n) is 8.46. The summed E-state index contributed by atoms with van der Waals surface area (Å²) in [5.74, 6) is 1.26. The average Bonchev–Trinajstić information content (AvgIpc) is 3.06. The van der Waals surface area contributed by atoms with Crippen molar-refractivity contribution in [3.05, 3.63) is 77.1 Å². The first-order chi connectivity index (χ1) is 23.4. The number of carbonyl (C=O) groups is 1. The molecule has 0 spiro atoms. The monoisotopic (exact) mass is 687 g/mol. The van der Waals surface area contributed by atoms with Crippen molar-refractivity contribution in [3.8, 4) is 28.4 Å². The topological polar surface area (TPSA) is 109 Å². The summed E-state index contributed by atoms with van der Waals surface area (Å²) in [7, 11) is 3.16. The lowest BCUT2D eigenvalue weighted by Gasteiger charge is -2.41. The van der Waals surface area contributed by atoms with E-state index >= 15 is 4.39 Å². The Bertz CT molecular complexity index is 2050. The molecular formula is C37H39ClFN5O5. The number of piperazine rings is 1. The average molecular weight is 688 g/mol. The molecule has 6 rings (SSSR count). The van der Waals surface area contributed by atoms with E-state index in [0.29, 0.717) is 47.9 Å². The number of phenols is 1. The smallest absolute Gasteiger partial charge is 0.410 e. The highest BCUT2D eigenvalue weighted by atomic mass is 35.5. The molecule has 1 amide bonds. The van der Waals surface area contributed by atoms with Gasteiger partial charge in [0.05, 0.1) is 19.2 Å². The Balaban J connectivity index is 1.46. The van der Waals surface area contributed by atoms with Crippen molar-refractivity contribution in [1.29, 1.82) is 0 Å². The predicted octanol–water partition coefficient (Wildman–Crippen LogP) is 8.02. The minimum absolute atomic E-state index is 0.0138. The quantitative estimate of drug-likeness (QED) is 0.176. The highest BCUT2D eigenvalue weighted by Crippen LogP contribution is 2.42. The number of phenolic OH excluding ortho intramolecular Hbond substituents is 1. The molecule has 49 heavy (non-hydrogen) atoms. The van der Waals surface area contributed by atoms with Crippen LogP contribution in [0, 0.1) is 5.82 Å². The number of hydrogen-bond acceptors (Lipinski definition) is 9. The molecule has 2 heterocycles. The number of ether oxygens (including phenoxy) is 3. The van der Waals surface area contributed by atoms with Crippen LogP contribution >= 0.6 is 11.6 Å². The number of carbonyl (C=O) groups excluding carboxylic acids is 1. The summed E-state index contributed by atoms with van der Waals surface area (Å²) < 4.78 is 33.5. The molecule has 1 fully saturated rings. The molecule has 256 valence electrons. The molecule has 4 aromatic carbocycles. The first kappa shape index (κ1) is 33.9. The van der Waals surface area contributed by atoms with Crippen LogP contribution in [-0.4, -0.2) is 71.6 Å². The number of hydrogen-bond donors (Lipinski definition) is 2. The maximum absolute atomic E-state index is 17.0. The second kappa shape index (κ2) is 13.5. The fourth-order valence-electron chi connectivity index (χ4n) is 6.16. The summed E-state index contributed by atoms with van der Waals surface area (Å²) in [5, 5.41) is 15.9. The maximum atomic E-state index is 17.0. The lowest BCUT2D eigenvalue weighted by atomic mass is 9.96.